The number of aliphatic hydroxyl groups is 1. The summed E-state index contributed by atoms with van der Waals surface area (Å²) in [5.41, 5.74) is 0.454. The van der Waals surface area contributed by atoms with Crippen molar-refractivity contribution in [1.29, 1.82) is 0 Å². The maximum absolute atomic E-state index is 9.60. The molecule has 2 aliphatic rings. The molecule has 2 fully saturated rings. The Hall–Kier alpha value is -0.120. The van der Waals surface area contributed by atoms with Crippen LogP contribution in [-0.2, 0) is 0 Å². The zero-order chi connectivity index (χ0) is 13.6. The molecule has 0 amide bonds. The molecule has 0 spiro atoms. The maximum Gasteiger partial charge on any atom is 0.0586 e. The first kappa shape index (κ1) is 15.3. The lowest BCUT2D eigenvalue weighted by molar-refractivity contribution is 0.0410. The van der Waals surface area contributed by atoms with Crippen LogP contribution in [0.15, 0.2) is 0 Å². The molecule has 1 saturated carbocycles. The van der Waals surface area contributed by atoms with Crippen molar-refractivity contribution in [3.63, 3.8) is 0 Å². The van der Waals surface area contributed by atoms with Crippen LogP contribution >= 0.6 is 0 Å². The van der Waals surface area contributed by atoms with E-state index >= 15 is 0 Å². The molecule has 112 valence electrons. The fourth-order valence-electron chi connectivity index (χ4n) is 4.15. The van der Waals surface area contributed by atoms with Crippen LogP contribution in [0.2, 0.25) is 0 Å². The molecule has 1 unspecified atom stereocenters. The highest BCUT2D eigenvalue weighted by molar-refractivity contribution is 4.89. The van der Waals surface area contributed by atoms with E-state index in [1.54, 1.807) is 0 Å². The van der Waals surface area contributed by atoms with Crippen molar-refractivity contribution in [2.45, 2.75) is 63.8 Å². The van der Waals surface area contributed by atoms with Crippen molar-refractivity contribution in [3.05, 3.63) is 0 Å². The van der Waals surface area contributed by atoms with Gasteiger partial charge in [0.1, 0.15) is 0 Å². The van der Waals surface area contributed by atoms with Crippen LogP contribution in [0.3, 0.4) is 0 Å². The van der Waals surface area contributed by atoms with Gasteiger partial charge in [-0.25, -0.2) is 0 Å². The minimum Gasteiger partial charge on any atom is -0.395 e. The smallest absolute Gasteiger partial charge is 0.0586 e. The molecule has 1 heterocycles. The molecule has 3 nitrogen and oxygen atoms in total. The lowest BCUT2D eigenvalue weighted by Crippen LogP contribution is -2.50. The largest absolute Gasteiger partial charge is 0.395 e. The topological polar surface area (TPSA) is 35.5 Å². The monoisotopic (exact) mass is 268 g/mol. The Morgan fingerprint density at radius 3 is 2.47 bits per heavy atom. The van der Waals surface area contributed by atoms with Gasteiger partial charge in [-0.1, -0.05) is 32.1 Å². The molecule has 0 bridgehead atoms. The first-order valence-electron chi connectivity index (χ1n) is 8.29. The van der Waals surface area contributed by atoms with E-state index in [-0.39, 0.29) is 0 Å². The van der Waals surface area contributed by atoms with E-state index in [2.05, 4.69) is 17.3 Å². The third-order valence-corrected chi connectivity index (χ3v) is 5.21. The van der Waals surface area contributed by atoms with Gasteiger partial charge in [-0.15, -0.1) is 0 Å². The predicted octanol–water partition coefficient (Wildman–Crippen LogP) is 2.39. The maximum atomic E-state index is 9.60. The molecular weight excluding hydrogens is 236 g/mol. The Bertz CT molecular complexity index is 249. The van der Waals surface area contributed by atoms with Gasteiger partial charge in [-0.05, 0) is 44.7 Å². The zero-order valence-corrected chi connectivity index (χ0v) is 12.7. The summed E-state index contributed by atoms with van der Waals surface area (Å²) in [5.74, 6) is 0. The first-order valence-corrected chi connectivity index (χ1v) is 8.29. The molecule has 19 heavy (non-hydrogen) atoms. The number of hydrogen-bond acceptors (Lipinski definition) is 3. The Morgan fingerprint density at radius 2 is 1.84 bits per heavy atom. The molecule has 1 saturated heterocycles. The van der Waals surface area contributed by atoms with Gasteiger partial charge in [-0.3, -0.25) is 4.90 Å². The summed E-state index contributed by atoms with van der Waals surface area (Å²) in [6.45, 7) is 3.87. The highest BCUT2D eigenvalue weighted by Gasteiger charge is 2.35. The number of rotatable bonds is 5. The fraction of sp³-hybridized carbons (Fsp3) is 1.00. The third kappa shape index (κ3) is 4.17. The Labute approximate surface area is 118 Å². The molecule has 0 aromatic rings. The predicted molar refractivity (Wildman–Crippen MR) is 80.4 cm³/mol. The molecular formula is C16H32N2O. The molecule has 0 aromatic heterocycles. The first-order chi connectivity index (χ1) is 9.29. The van der Waals surface area contributed by atoms with Gasteiger partial charge < -0.3 is 10.4 Å². The second kappa shape index (κ2) is 7.61. The van der Waals surface area contributed by atoms with E-state index in [1.807, 2.05) is 0 Å². The van der Waals surface area contributed by atoms with Crippen LogP contribution in [0.25, 0.3) is 0 Å². The zero-order valence-electron chi connectivity index (χ0n) is 12.7. The van der Waals surface area contributed by atoms with Gasteiger partial charge in [-0.2, -0.15) is 0 Å². The highest BCUT2D eigenvalue weighted by Crippen LogP contribution is 2.36. The molecule has 2 N–H and O–H groups in total. The van der Waals surface area contributed by atoms with Gasteiger partial charge in [0.05, 0.1) is 6.61 Å². The minimum atomic E-state index is 0.343. The van der Waals surface area contributed by atoms with Crippen LogP contribution in [0.1, 0.15) is 57.8 Å². The van der Waals surface area contributed by atoms with Gasteiger partial charge in [0, 0.05) is 19.1 Å². The minimum absolute atomic E-state index is 0.343. The van der Waals surface area contributed by atoms with Gasteiger partial charge in [0.2, 0.25) is 0 Å². The molecule has 1 aliphatic heterocycles. The summed E-state index contributed by atoms with van der Waals surface area (Å²) in [6, 6.07) is 0.422. The van der Waals surface area contributed by atoms with E-state index in [4.69, 9.17) is 0 Å². The van der Waals surface area contributed by atoms with Crippen LogP contribution in [-0.4, -0.2) is 49.3 Å². The van der Waals surface area contributed by atoms with Crippen LogP contribution in [0.4, 0.5) is 0 Å². The van der Waals surface area contributed by atoms with E-state index in [0.29, 0.717) is 18.1 Å². The SMILES string of the molecule is CNCC1(CN2CCCCC2CO)CCCCCC1. The molecule has 0 radical (unpaired) electrons. The molecule has 0 aromatic carbocycles. The second-order valence-electron chi connectivity index (χ2n) is 6.75. The van der Waals surface area contributed by atoms with E-state index in [1.165, 1.54) is 70.9 Å². The van der Waals surface area contributed by atoms with Crippen molar-refractivity contribution in [2.75, 3.05) is 33.3 Å². The van der Waals surface area contributed by atoms with Crippen LogP contribution in [0, 0.1) is 5.41 Å². The lowest BCUT2D eigenvalue weighted by Gasteiger charge is -2.43. The van der Waals surface area contributed by atoms with E-state index < -0.39 is 0 Å². The standard InChI is InChI=1S/C16H32N2O/c1-17-13-16(9-5-2-3-6-10-16)14-18-11-7-4-8-15(18)12-19/h15,17,19H,2-14H2,1H3. The summed E-state index contributed by atoms with van der Waals surface area (Å²) in [4.78, 5) is 2.59. The van der Waals surface area contributed by atoms with Crippen molar-refractivity contribution in [2.24, 2.45) is 5.41 Å². The Balaban J connectivity index is 2.01. The summed E-state index contributed by atoms with van der Waals surface area (Å²) < 4.78 is 0. The number of likely N-dealkylation sites (tertiary alicyclic amines) is 1. The number of aliphatic hydroxyl groups excluding tert-OH is 1. The molecule has 2 rings (SSSR count). The normalized spacial score (nSPS) is 29.1. The fourth-order valence-corrected chi connectivity index (χ4v) is 4.15. The average Bonchev–Trinajstić information content (AvgIpc) is 2.66. The number of piperidine rings is 1. The Morgan fingerprint density at radius 1 is 1.11 bits per heavy atom. The lowest BCUT2D eigenvalue weighted by atomic mass is 9.79. The van der Waals surface area contributed by atoms with Gasteiger partial charge in [0.25, 0.3) is 0 Å². The van der Waals surface area contributed by atoms with Crippen molar-refractivity contribution < 1.29 is 5.11 Å². The number of nitrogens with zero attached hydrogens (tertiary/aromatic N) is 1. The van der Waals surface area contributed by atoms with Gasteiger partial charge in [0.15, 0.2) is 0 Å². The van der Waals surface area contributed by atoms with Crippen LogP contribution in [0.5, 0.6) is 0 Å². The molecule has 3 heteroatoms. The average molecular weight is 268 g/mol. The quantitative estimate of drug-likeness (QED) is 0.752. The van der Waals surface area contributed by atoms with Gasteiger partial charge >= 0.3 is 0 Å². The van der Waals surface area contributed by atoms with Crippen molar-refractivity contribution in [3.8, 4) is 0 Å². The number of nitrogens with one attached hydrogen (secondary N) is 1. The van der Waals surface area contributed by atoms with Crippen molar-refractivity contribution in [1.82, 2.24) is 10.2 Å². The summed E-state index contributed by atoms with van der Waals surface area (Å²) >= 11 is 0. The Kier molecular flexibility index (Phi) is 6.11. The second-order valence-corrected chi connectivity index (χ2v) is 6.75. The summed E-state index contributed by atoms with van der Waals surface area (Å²) in [6.07, 6.45) is 12.1. The van der Waals surface area contributed by atoms with Crippen molar-refractivity contribution >= 4 is 0 Å². The third-order valence-electron chi connectivity index (χ3n) is 5.21. The number of hydrogen-bond donors (Lipinski definition) is 2. The molecule has 1 aliphatic carbocycles. The van der Waals surface area contributed by atoms with Crippen LogP contribution < -0.4 is 5.32 Å². The molecule has 1 atom stereocenters. The summed E-state index contributed by atoms with van der Waals surface area (Å²) in [7, 11) is 2.09. The van der Waals surface area contributed by atoms with E-state index in [9.17, 15) is 5.11 Å². The van der Waals surface area contributed by atoms with E-state index in [0.717, 1.165) is 6.54 Å². The highest BCUT2D eigenvalue weighted by atomic mass is 16.3. The summed E-state index contributed by atoms with van der Waals surface area (Å²) in [5, 5.41) is 13.0.